The summed E-state index contributed by atoms with van der Waals surface area (Å²) in [5, 5.41) is 2.83. The van der Waals surface area contributed by atoms with E-state index in [1.54, 1.807) is 6.92 Å². The molecule has 3 amide bonds. The SMILES string of the molecule is Cc1cc(C(=O)CN2C(=O)N[C@](C)(c3ccc4c(c3)CCC4)C2=O)c(C)n1C1CC1. The molecule has 1 aromatic carbocycles. The Bertz CT molecular complexity index is 1100. The third kappa shape index (κ3) is 2.81. The monoisotopic (exact) mass is 405 g/mol. The molecule has 1 aromatic heterocycles. The molecule has 0 bridgehead atoms. The molecule has 1 N–H and O–H groups in total. The number of carbonyl (C=O) groups excluding carboxylic acids is 3. The van der Waals surface area contributed by atoms with Crippen LogP contribution in [0.4, 0.5) is 4.79 Å². The number of urea groups is 1. The summed E-state index contributed by atoms with van der Waals surface area (Å²) in [6.07, 6.45) is 5.45. The Morgan fingerprint density at radius 1 is 1.13 bits per heavy atom. The molecule has 6 heteroatoms. The summed E-state index contributed by atoms with van der Waals surface area (Å²) in [7, 11) is 0. The zero-order chi connectivity index (χ0) is 21.2. The van der Waals surface area contributed by atoms with Gasteiger partial charge < -0.3 is 9.88 Å². The highest BCUT2D eigenvalue weighted by atomic mass is 16.2. The fourth-order valence-electron chi connectivity index (χ4n) is 5.10. The Morgan fingerprint density at radius 3 is 2.60 bits per heavy atom. The van der Waals surface area contributed by atoms with E-state index in [0.717, 1.165) is 54.0 Å². The van der Waals surface area contributed by atoms with Crippen molar-refractivity contribution in [2.75, 3.05) is 6.54 Å². The van der Waals surface area contributed by atoms with Crippen molar-refractivity contribution in [2.24, 2.45) is 0 Å². The highest BCUT2D eigenvalue weighted by Crippen LogP contribution is 2.38. The van der Waals surface area contributed by atoms with E-state index < -0.39 is 11.6 Å². The van der Waals surface area contributed by atoms with Gasteiger partial charge in [0, 0.05) is 23.0 Å². The number of Topliss-reactive ketones (excluding diaryl/α,β-unsaturated/α-hetero) is 1. The lowest BCUT2D eigenvalue weighted by Gasteiger charge is -2.23. The van der Waals surface area contributed by atoms with E-state index in [0.29, 0.717) is 11.6 Å². The van der Waals surface area contributed by atoms with Crippen molar-refractivity contribution < 1.29 is 14.4 Å². The summed E-state index contributed by atoms with van der Waals surface area (Å²) in [5.41, 5.74) is 4.79. The van der Waals surface area contributed by atoms with E-state index in [2.05, 4.69) is 16.0 Å². The maximum atomic E-state index is 13.3. The lowest BCUT2D eigenvalue weighted by atomic mass is 9.89. The highest BCUT2D eigenvalue weighted by molar-refractivity contribution is 6.11. The van der Waals surface area contributed by atoms with E-state index in [1.807, 2.05) is 32.0 Å². The van der Waals surface area contributed by atoms with Gasteiger partial charge in [-0.05, 0) is 75.6 Å². The highest BCUT2D eigenvalue weighted by Gasteiger charge is 2.49. The second-order valence-electron chi connectivity index (χ2n) is 9.09. The van der Waals surface area contributed by atoms with Gasteiger partial charge in [-0.3, -0.25) is 14.5 Å². The first-order valence-electron chi connectivity index (χ1n) is 10.8. The van der Waals surface area contributed by atoms with Crippen LogP contribution in [-0.2, 0) is 23.2 Å². The number of hydrogen-bond donors (Lipinski definition) is 1. The van der Waals surface area contributed by atoms with E-state index in [4.69, 9.17) is 0 Å². The predicted octanol–water partition coefficient (Wildman–Crippen LogP) is 3.58. The molecule has 156 valence electrons. The fourth-order valence-corrected chi connectivity index (χ4v) is 5.10. The molecule has 1 aliphatic heterocycles. The smallest absolute Gasteiger partial charge is 0.325 e. The molecule has 6 nitrogen and oxygen atoms in total. The average molecular weight is 405 g/mol. The maximum absolute atomic E-state index is 13.3. The topological polar surface area (TPSA) is 71.4 Å². The van der Waals surface area contributed by atoms with E-state index in [1.165, 1.54) is 11.1 Å². The lowest BCUT2D eigenvalue weighted by Crippen LogP contribution is -2.41. The van der Waals surface area contributed by atoms with Gasteiger partial charge in [-0.25, -0.2) is 4.79 Å². The predicted molar refractivity (Wildman–Crippen MR) is 113 cm³/mol. The molecule has 0 unspecified atom stereocenters. The fraction of sp³-hybridized carbons (Fsp3) is 0.458. The Morgan fingerprint density at radius 2 is 1.87 bits per heavy atom. The zero-order valence-corrected chi connectivity index (χ0v) is 17.7. The number of nitrogens with one attached hydrogen (secondary N) is 1. The number of nitrogens with zero attached hydrogens (tertiary/aromatic N) is 2. The Labute approximate surface area is 176 Å². The van der Waals surface area contributed by atoms with Crippen molar-refractivity contribution >= 4 is 17.7 Å². The van der Waals surface area contributed by atoms with Crippen molar-refractivity contribution in [1.29, 1.82) is 0 Å². The normalized spacial score (nSPS) is 23.1. The van der Waals surface area contributed by atoms with E-state index >= 15 is 0 Å². The Hall–Kier alpha value is -2.89. The molecule has 2 fully saturated rings. The first-order chi connectivity index (χ1) is 14.3. The van der Waals surface area contributed by atoms with Gasteiger partial charge in [-0.1, -0.05) is 18.2 Å². The van der Waals surface area contributed by atoms with Crippen LogP contribution in [0.2, 0.25) is 0 Å². The molecule has 0 radical (unpaired) electrons. The summed E-state index contributed by atoms with van der Waals surface area (Å²) >= 11 is 0. The summed E-state index contributed by atoms with van der Waals surface area (Å²) in [6.45, 7) is 5.44. The minimum atomic E-state index is -1.14. The van der Waals surface area contributed by atoms with Gasteiger partial charge >= 0.3 is 6.03 Å². The third-order valence-electron chi connectivity index (χ3n) is 6.95. The maximum Gasteiger partial charge on any atom is 0.325 e. The number of aryl methyl sites for hydroxylation is 3. The Balaban J connectivity index is 1.40. The van der Waals surface area contributed by atoms with Crippen molar-refractivity contribution in [3.05, 3.63) is 57.9 Å². The molecule has 30 heavy (non-hydrogen) atoms. The number of rotatable bonds is 5. The van der Waals surface area contributed by atoms with Gasteiger partial charge in [0.2, 0.25) is 0 Å². The Kier molecular flexibility index (Phi) is 4.17. The lowest BCUT2D eigenvalue weighted by molar-refractivity contribution is -0.130. The van der Waals surface area contributed by atoms with Crippen LogP contribution in [-0.4, -0.2) is 33.7 Å². The van der Waals surface area contributed by atoms with Gasteiger partial charge in [-0.2, -0.15) is 0 Å². The van der Waals surface area contributed by atoms with Gasteiger partial charge in [0.05, 0.1) is 6.54 Å². The van der Waals surface area contributed by atoms with Crippen LogP contribution in [0.1, 0.15) is 70.7 Å². The number of hydrogen-bond acceptors (Lipinski definition) is 3. The summed E-state index contributed by atoms with van der Waals surface area (Å²) in [5.74, 6) is -0.563. The molecule has 2 heterocycles. The number of imide groups is 1. The van der Waals surface area contributed by atoms with Crippen LogP contribution in [0.3, 0.4) is 0 Å². The molecule has 0 spiro atoms. The van der Waals surface area contributed by atoms with E-state index in [9.17, 15) is 14.4 Å². The summed E-state index contributed by atoms with van der Waals surface area (Å²) < 4.78 is 2.20. The second kappa shape index (κ2) is 6.56. The average Bonchev–Trinajstić information content (AvgIpc) is 3.27. The number of amides is 3. The molecular weight excluding hydrogens is 378 g/mol. The minimum Gasteiger partial charge on any atom is -0.345 e. The van der Waals surface area contributed by atoms with Crippen LogP contribution >= 0.6 is 0 Å². The van der Waals surface area contributed by atoms with Crippen molar-refractivity contribution in [3.8, 4) is 0 Å². The summed E-state index contributed by atoms with van der Waals surface area (Å²) in [4.78, 5) is 40.1. The first kappa shape index (κ1) is 19.1. The summed E-state index contributed by atoms with van der Waals surface area (Å²) in [6, 6.07) is 7.88. The molecule has 2 aromatic rings. The van der Waals surface area contributed by atoms with Gasteiger partial charge in [0.15, 0.2) is 5.78 Å². The molecule has 3 aliphatic rings. The van der Waals surface area contributed by atoms with Crippen molar-refractivity contribution in [3.63, 3.8) is 0 Å². The van der Waals surface area contributed by atoms with Crippen LogP contribution in [0.25, 0.3) is 0 Å². The molecule has 1 saturated heterocycles. The van der Waals surface area contributed by atoms with Gasteiger partial charge in [0.25, 0.3) is 5.91 Å². The zero-order valence-electron chi connectivity index (χ0n) is 17.7. The number of carbonyl (C=O) groups is 3. The van der Waals surface area contributed by atoms with Crippen LogP contribution < -0.4 is 5.32 Å². The number of benzene rings is 1. The van der Waals surface area contributed by atoms with Gasteiger partial charge in [0.1, 0.15) is 5.54 Å². The minimum absolute atomic E-state index is 0.197. The molecule has 1 saturated carbocycles. The number of aromatic nitrogens is 1. The van der Waals surface area contributed by atoms with Crippen molar-refractivity contribution in [2.45, 2.75) is 64.5 Å². The first-order valence-corrected chi connectivity index (χ1v) is 10.8. The van der Waals surface area contributed by atoms with Crippen LogP contribution in [0, 0.1) is 13.8 Å². The second-order valence-corrected chi connectivity index (χ2v) is 9.09. The molecule has 5 rings (SSSR count). The quantitative estimate of drug-likeness (QED) is 0.611. The number of ketones is 1. The van der Waals surface area contributed by atoms with Gasteiger partial charge in [-0.15, -0.1) is 0 Å². The van der Waals surface area contributed by atoms with Crippen LogP contribution in [0.5, 0.6) is 0 Å². The molecule has 2 aliphatic carbocycles. The van der Waals surface area contributed by atoms with Crippen LogP contribution in [0.15, 0.2) is 24.3 Å². The van der Waals surface area contributed by atoms with E-state index in [-0.39, 0.29) is 18.2 Å². The largest absolute Gasteiger partial charge is 0.345 e. The molecular formula is C24H27N3O3. The third-order valence-corrected chi connectivity index (χ3v) is 6.95. The molecule has 1 atom stereocenters. The standard InChI is InChI=1S/C24H27N3O3/c1-14-11-20(15(2)27(14)19-9-10-19)21(28)13-26-22(29)24(3,25-23(26)30)18-8-7-16-5-4-6-17(16)12-18/h7-8,11-12,19H,4-6,9-10,13H2,1-3H3,(H,25,30)/t24-/m1/s1. The number of fused-ring (bicyclic) bond motifs is 1. The van der Waals surface area contributed by atoms with Crippen molar-refractivity contribution in [1.82, 2.24) is 14.8 Å².